The molecule has 0 spiro atoms. The van der Waals surface area contributed by atoms with E-state index in [0.717, 1.165) is 35.1 Å². The minimum atomic E-state index is -0.883. The van der Waals surface area contributed by atoms with E-state index in [1.807, 2.05) is 82.3 Å². The summed E-state index contributed by atoms with van der Waals surface area (Å²) < 4.78 is 12.3. The molecule has 15 nitrogen and oxygen atoms in total. The molecule has 6 N–H and O–H groups in total. The van der Waals surface area contributed by atoms with Crippen molar-refractivity contribution in [3.8, 4) is 23.3 Å². The van der Waals surface area contributed by atoms with Crippen LogP contribution in [0.3, 0.4) is 0 Å². The van der Waals surface area contributed by atoms with E-state index in [1.165, 1.54) is 46.6 Å². The number of carbonyl (C=O) groups excluding carboxylic acids is 4. The summed E-state index contributed by atoms with van der Waals surface area (Å²) >= 11 is 26.9. The molecule has 1 heterocycles. The number of amides is 5. The van der Waals surface area contributed by atoms with E-state index in [2.05, 4.69) is 80.4 Å². The Morgan fingerprint density at radius 1 is 0.713 bits per heavy atom. The summed E-state index contributed by atoms with van der Waals surface area (Å²) in [6.45, 7) is 22.5. The summed E-state index contributed by atoms with van der Waals surface area (Å²) in [5.41, 5.74) is 11.0. The maximum atomic E-state index is 14.1. The molecule has 3 atom stereocenters. The predicted octanol–water partition coefficient (Wildman–Crippen LogP) is 17.5. The number of amidine groups is 1. The smallest absolute Gasteiger partial charge is 0.323 e. The average Bonchev–Trinajstić information content (AvgIpc) is 1.84. The number of urea groups is 1. The third kappa shape index (κ3) is 17.0. The molecule has 0 aliphatic carbocycles. The largest absolute Gasteiger partial charge is 0.506 e. The second-order valence-electron chi connectivity index (χ2n) is 22.2. The van der Waals surface area contributed by atoms with Crippen LogP contribution in [0.15, 0.2) is 143 Å². The van der Waals surface area contributed by atoms with Gasteiger partial charge in [-0.05, 0) is 159 Å². The number of thioether (sulfide) groups is 1. The number of halogens is 4. The Labute approximate surface area is 533 Å². The number of hydrogen-bond acceptors (Lipinski definition) is 10. The van der Waals surface area contributed by atoms with Gasteiger partial charge in [-0.15, -0.1) is 11.8 Å². The van der Waals surface area contributed by atoms with Gasteiger partial charge in [0.1, 0.15) is 34.0 Å². The Balaban J connectivity index is 0.000000250. The number of nitriles is 1. The van der Waals surface area contributed by atoms with Crippen molar-refractivity contribution in [2.45, 2.75) is 129 Å². The molecule has 0 saturated carbocycles. The predicted molar refractivity (Wildman–Crippen MR) is 354 cm³/mol. The number of aliphatic imine (C=N–C) groups is 1. The zero-order chi connectivity index (χ0) is 63.5. The minimum absolute atomic E-state index is 0.0213. The van der Waals surface area contributed by atoms with E-state index in [9.17, 15) is 24.3 Å². The van der Waals surface area contributed by atoms with Crippen LogP contribution >= 0.6 is 58.2 Å². The maximum absolute atomic E-state index is 14.1. The topological polar surface area (TPSA) is 207 Å². The van der Waals surface area contributed by atoms with E-state index in [1.54, 1.807) is 55.5 Å². The normalized spacial score (nSPS) is 14.2. The van der Waals surface area contributed by atoms with Gasteiger partial charge in [-0.2, -0.15) is 5.26 Å². The van der Waals surface area contributed by atoms with Gasteiger partial charge < -0.3 is 35.8 Å². The molecule has 7 aromatic carbocycles. The summed E-state index contributed by atoms with van der Waals surface area (Å²) in [5, 5.41) is 31.8. The number of phenols is 1. The van der Waals surface area contributed by atoms with Gasteiger partial charge in [0.2, 0.25) is 0 Å². The van der Waals surface area contributed by atoms with Crippen molar-refractivity contribution in [2.75, 3.05) is 26.3 Å². The monoisotopic (exact) mass is 1270 g/mol. The Kier molecular flexibility index (Phi) is 22.3. The first-order valence-corrected chi connectivity index (χ1v) is 30.6. The number of aromatic hydroxyl groups is 1. The first-order valence-electron chi connectivity index (χ1n) is 28.2. The molecule has 1 fully saturated rings. The van der Waals surface area contributed by atoms with Crippen molar-refractivity contribution < 1.29 is 33.8 Å². The lowest BCUT2D eigenvalue weighted by Gasteiger charge is -2.31. The summed E-state index contributed by atoms with van der Waals surface area (Å²) in [4.78, 5) is 58.3. The van der Waals surface area contributed by atoms with Crippen molar-refractivity contribution in [3.63, 3.8) is 0 Å². The number of carbonyl (C=O) groups is 4. The van der Waals surface area contributed by atoms with Crippen LogP contribution in [0.1, 0.15) is 108 Å². The number of hydrogen-bond donors (Lipinski definition) is 6. The third-order valence-corrected chi connectivity index (χ3v) is 17.2. The zero-order valence-electron chi connectivity index (χ0n) is 50.2. The molecular weight excluding hydrogens is 1200 g/mol. The molecule has 1 aliphatic rings. The first kappa shape index (κ1) is 66.6. The number of rotatable bonds is 19. The lowest BCUT2D eigenvalue weighted by atomic mass is 9.76. The Hall–Kier alpha value is -7.91. The van der Waals surface area contributed by atoms with E-state index in [0.29, 0.717) is 67.0 Å². The van der Waals surface area contributed by atoms with Crippen molar-refractivity contribution >= 4 is 122 Å². The molecule has 20 heteroatoms. The van der Waals surface area contributed by atoms with E-state index in [-0.39, 0.29) is 55.7 Å². The molecule has 3 unspecified atom stereocenters. The number of benzene rings is 7. The highest BCUT2D eigenvalue weighted by Crippen LogP contribution is 2.43. The highest BCUT2D eigenvalue weighted by molar-refractivity contribution is 8.01. The van der Waals surface area contributed by atoms with Crippen LogP contribution < -0.4 is 41.2 Å². The molecule has 1 saturated heterocycles. The second-order valence-corrected chi connectivity index (χ2v) is 25.0. The number of hydrazine groups is 1. The lowest BCUT2D eigenvalue weighted by Crippen LogP contribution is -2.36. The van der Waals surface area contributed by atoms with Gasteiger partial charge >= 0.3 is 6.03 Å². The highest BCUT2D eigenvalue weighted by Gasteiger charge is 2.42. The molecule has 0 radical (unpaired) electrons. The number of nitrogens with zero attached hydrogens (tertiary/aromatic N) is 3. The lowest BCUT2D eigenvalue weighted by molar-refractivity contribution is -0.123. The van der Waals surface area contributed by atoms with Crippen molar-refractivity contribution in [1.29, 1.82) is 5.26 Å². The fourth-order valence-electron chi connectivity index (χ4n) is 8.92. The van der Waals surface area contributed by atoms with Crippen LogP contribution in [0, 0.1) is 32.1 Å². The minimum Gasteiger partial charge on any atom is -0.506 e. The average molecular weight is 1270 g/mol. The SMILES string of the molecule is CCC(C)(C)c1ccc(OC(C)C(=O)Nc2ccc(NC(=O)Nc3ccc(C#N)cc3)c(O)c2)c(C(C)(C)CC)c1.CCC(Oc1ccc(C)cc1C)C(=O)Nc1ccccc1SC1C(=O)N(c2c(Cl)cc(Cl)cc2Cl)NC1=Nc1cc(C)ccc1Cl. The van der Waals surface area contributed by atoms with E-state index >= 15 is 0 Å². The van der Waals surface area contributed by atoms with Gasteiger partial charge in [-0.1, -0.05) is 143 Å². The van der Waals surface area contributed by atoms with Crippen molar-refractivity contribution in [2.24, 2.45) is 4.99 Å². The summed E-state index contributed by atoms with van der Waals surface area (Å²) in [5.74, 6) is 0.334. The fraction of sp³-hybridized carbons (Fsp3) is 0.284. The second kappa shape index (κ2) is 29.2. The van der Waals surface area contributed by atoms with Gasteiger partial charge in [0.15, 0.2) is 12.2 Å². The molecule has 7 aromatic rings. The molecule has 87 heavy (non-hydrogen) atoms. The maximum Gasteiger partial charge on any atom is 0.323 e. The van der Waals surface area contributed by atoms with Crippen molar-refractivity contribution in [1.82, 2.24) is 5.43 Å². The number of anilines is 5. The van der Waals surface area contributed by atoms with Crippen molar-refractivity contribution in [3.05, 3.63) is 187 Å². The molecule has 8 rings (SSSR count). The van der Waals surface area contributed by atoms with Gasteiger partial charge in [-0.3, -0.25) is 19.8 Å². The number of aryl methyl sites for hydroxylation is 3. The Bertz CT molecular complexity index is 3760. The molecule has 5 amide bonds. The first-order chi connectivity index (χ1) is 41.2. The number of phenolic OH excluding ortho intramolecular Hbond substituents is 1. The van der Waals surface area contributed by atoms with Crippen LogP contribution in [0.25, 0.3) is 0 Å². The molecule has 0 aromatic heterocycles. The molecule has 0 bridgehead atoms. The summed E-state index contributed by atoms with van der Waals surface area (Å²) in [6.07, 6.45) is 0.820. The van der Waals surface area contributed by atoms with Gasteiger partial charge in [-0.25, -0.2) is 14.8 Å². The Morgan fingerprint density at radius 2 is 1.36 bits per heavy atom. The molecular formula is C67H70Cl4N8O7S. The van der Waals surface area contributed by atoms with Crippen LogP contribution in [-0.4, -0.2) is 52.2 Å². The number of nitrogens with one attached hydrogen (secondary N) is 5. The number of ether oxygens (including phenoxy) is 2. The van der Waals surface area contributed by atoms with Gasteiger partial charge in [0.25, 0.3) is 17.7 Å². The molecule has 454 valence electrons. The fourth-order valence-corrected chi connectivity index (χ4v) is 11.1. The van der Waals surface area contributed by atoms with Gasteiger partial charge in [0, 0.05) is 32.9 Å². The van der Waals surface area contributed by atoms with E-state index in [4.69, 9.17) is 66.1 Å². The number of para-hydroxylation sites is 1. The van der Waals surface area contributed by atoms with Crippen LogP contribution in [-0.2, 0) is 25.2 Å². The molecule has 1 aliphatic heterocycles. The zero-order valence-corrected chi connectivity index (χ0v) is 54.1. The Morgan fingerprint density at radius 3 is 2.00 bits per heavy atom. The third-order valence-electron chi connectivity index (χ3n) is 14.8. The van der Waals surface area contributed by atoms with Crippen LogP contribution in [0.4, 0.5) is 38.9 Å². The van der Waals surface area contributed by atoms with Crippen LogP contribution in [0.2, 0.25) is 20.1 Å². The summed E-state index contributed by atoms with van der Waals surface area (Å²) in [7, 11) is 0. The summed E-state index contributed by atoms with van der Waals surface area (Å²) in [6, 6.07) is 40.0. The highest BCUT2D eigenvalue weighted by atomic mass is 35.5. The quantitative estimate of drug-likeness (QED) is 0.0422. The van der Waals surface area contributed by atoms with E-state index < -0.39 is 23.5 Å². The van der Waals surface area contributed by atoms with Gasteiger partial charge in [0.05, 0.1) is 43.8 Å². The standard InChI is InChI=1S/C34H30Cl4N4O3S.C33H40N4O4/c1-5-27(45-28-13-11-18(2)14-20(28)4)33(43)40-25-8-6-7-9-29(25)46-31-32(39-26-15-19(3)10-12-22(26)36)41-42(34(31)44)30-23(37)16-21(35)17-24(30)38;1-8-32(4,5)23-12-17-29(26(18-23)33(6,7)9-2)41-21(3)30(39)35-25-15-16-27(28(38)19-25)37-31(40)36-24-13-10-22(20-34)11-14-24/h6-17,27,31H,5H2,1-4H3,(H,39,41)(H,40,43);10-19,21,38H,8-9H2,1-7H3,(H,35,39)(H2,36,37,40). The van der Waals surface area contributed by atoms with Crippen LogP contribution in [0.5, 0.6) is 17.2 Å².